The van der Waals surface area contributed by atoms with Gasteiger partial charge in [0.25, 0.3) is 0 Å². The normalized spacial score (nSPS) is 19.8. The van der Waals surface area contributed by atoms with E-state index in [1.807, 2.05) is 25.2 Å². The third kappa shape index (κ3) is 2.65. The Kier molecular flexibility index (Phi) is 3.43. The van der Waals surface area contributed by atoms with Crippen LogP contribution in [0.4, 0.5) is 5.69 Å². The predicted octanol–water partition coefficient (Wildman–Crippen LogP) is 2.51. The average molecular weight is 228 g/mol. The van der Waals surface area contributed by atoms with Crippen LogP contribution in [0.5, 0.6) is 0 Å². The van der Waals surface area contributed by atoms with Crippen molar-refractivity contribution in [2.24, 2.45) is 0 Å². The number of rotatable bonds is 2. The van der Waals surface area contributed by atoms with Crippen LogP contribution in [0.1, 0.15) is 31.2 Å². The van der Waals surface area contributed by atoms with Crippen molar-refractivity contribution >= 4 is 11.5 Å². The van der Waals surface area contributed by atoms with Gasteiger partial charge in [0.2, 0.25) is 0 Å². The van der Waals surface area contributed by atoms with Crippen LogP contribution in [-0.4, -0.2) is 18.9 Å². The van der Waals surface area contributed by atoms with Crippen LogP contribution in [0.2, 0.25) is 0 Å². The van der Waals surface area contributed by atoms with E-state index < -0.39 is 0 Å². The Labute approximate surface area is 102 Å². The molecule has 88 valence electrons. The molecule has 0 amide bonds. The minimum Gasteiger partial charge on any atom is -0.371 e. The molecule has 0 heterocycles. The van der Waals surface area contributed by atoms with Crippen LogP contribution in [0.15, 0.2) is 24.3 Å². The van der Waals surface area contributed by atoms with Crippen LogP contribution in [0.3, 0.4) is 0 Å². The van der Waals surface area contributed by atoms with Crippen LogP contribution in [0.25, 0.3) is 0 Å². The number of hydrogen-bond donors (Lipinski definition) is 0. The first-order chi connectivity index (χ1) is 8.20. The molecule has 1 aliphatic rings. The van der Waals surface area contributed by atoms with E-state index in [-0.39, 0.29) is 6.04 Å². The molecule has 1 aliphatic carbocycles. The van der Waals surface area contributed by atoms with Crippen molar-refractivity contribution in [3.8, 4) is 6.07 Å². The monoisotopic (exact) mass is 228 g/mol. The first kappa shape index (κ1) is 11.7. The molecule has 1 fully saturated rings. The fourth-order valence-corrected chi connectivity index (χ4v) is 2.34. The number of hydrogen-bond acceptors (Lipinski definition) is 3. The van der Waals surface area contributed by atoms with Crippen molar-refractivity contribution in [2.75, 3.05) is 11.9 Å². The molecular formula is C14H16N2O. The molecule has 1 unspecified atom stereocenters. The predicted molar refractivity (Wildman–Crippen MR) is 66.8 cm³/mol. The molecule has 17 heavy (non-hydrogen) atoms. The lowest BCUT2D eigenvalue weighted by atomic mass is 9.93. The summed E-state index contributed by atoms with van der Waals surface area (Å²) in [6.45, 7) is 0. The Hall–Kier alpha value is -1.82. The minimum atomic E-state index is 0.283. The molecule has 0 spiro atoms. The molecule has 1 aromatic rings. The van der Waals surface area contributed by atoms with Gasteiger partial charge in [-0.05, 0) is 31.0 Å². The van der Waals surface area contributed by atoms with E-state index in [1.54, 1.807) is 6.07 Å². The first-order valence-electron chi connectivity index (χ1n) is 5.95. The van der Waals surface area contributed by atoms with Crippen molar-refractivity contribution in [3.63, 3.8) is 0 Å². The van der Waals surface area contributed by atoms with E-state index >= 15 is 0 Å². The lowest BCUT2D eigenvalue weighted by Gasteiger charge is -2.32. The molecule has 3 nitrogen and oxygen atoms in total. The highest BCUT2D eigenvalue weighted by molar-refractivity contribution is 5.80. The first-order valence-corrected chi connectivity index (χ1v) is 5.95. The summed E-state index contributed by atoms with van der Waals surface area (Å²) < 4.78 is 0. The van der Waals surface area contributed by atoms with E-state index in [0.717, 1.165) is 24.9 Å². The van der Waals surface area contributed by atoms with Crippen molar-refractivity contribution in [2.45, 2.75) is 31.7 Å². The van der Waals surface area contributed by atoms with E-state index in [0.29, 0.717) is 17.8 Å². The molecule has 0 N–H and O–H groups in total. The second-order valence-electron chi connectivity index (χ2n) is 4.56. The molecule has 0 aromatic heterocycles. The molecule has 3 heteroatoms. The van der Waals surface area contributed by atoms with Gasteiger partial charge in [-0.1, -0.05) is 6.07 Å². The minimum absolute atomic E-state index is 0.283. The highest BCUT2D eigenvalue weighted by atomic mass is 16.1. The molecule has 1 atom stereocenters. The van der Waals surface area contributed by atoms with Gasteiger partial charge in [-0.3, -0.25) is 4.79 Å². The van der Waals surface area contributed by atoms with Crippen LogP contribution in [0, 0.1) is 11.3 Å². The van der Waals surface area contributed by atoms with Gasteiger partial charge in [0.1, 0.15) is 5.78 Å². The Balaban J connectivity index is 2.15. The Morgan fingerprint density at radius 1 is 1.47 bits per heavy atom. The number of carbonyl (C=O) groups excluding carboxylic acids is 1. The summed E-state index contributed by atoms with van der Waals surface area (Å²) >= 11 is 0. The van der Waals surface area contributed by atoms with E-state index in [4.69, 9.17) is 5.26 Å². The Bertz CT molecular complexity index is 462. The van der Waals surface area contributed by atoms with Gasteiger partial charge in [0.15, 0.2) is 0 Å². The van der Waals surface area contributed by atoms with Crippen LogP contribution in [-0.2, 0) is 4.79 Å². The summed E-state index contributed by atoms with van der Waals surface area (Å²) in [6, 6.07) is 9.96. The summed E-state index contributed by atoms with van der Waals surface area (Å²) in [5.74, 6) is 0.351. The van der Waals surface area contributed by atoms with E-state index in [9.17, 15) is 4.79 Å². The summed E-state index contributed by atoms with van der Waals surface area (Å²) in [5, 5.41) is 8.87. The summed E-state index contributed by atoms with van der Waals surface area (Å²) in [4.78, 5) is 13.6. The fraction of sp³-hybridized carbons (Fsp3) is 0.429. The van der Waals surface area contributed by atoms with Crippen molar-refractivity contribution in [1.29, 1.82) is 5.26 Å². The van der Waals surface area contributed by atoms with Gasteiger partial charge < -0.3 is 4.90 Å². The maximum absolute atomic E-state index is 11.5. The molecule has 1 aromatic carbocycles. The van der Waals surface area contributed by atoms with Gasteiger partial charge in [-0.15, -0.1) is 0 Å². The van der Waals surface area contributed by atoms with Gasteiger partial charge in [0, 0.05) is 31.6 Å². The summed E-state index contributed by atoms with van der Waals surface area (Å²) in [5.41, 5.74) is 1.68. The highest BCUT2D eigenvalue weighted by Gasteiger charge is 2.23. The van der Waals surface area contributed by atoms with Crippen molar-refractivity contribution < 1.29 is 4.79 Å². The average Bonchev–Trinajstić information content (AvgIpc) is 2.38. The number of Topliss-reactive ketones (excluding diaryl/α,β-unsaturated/α-hetero) is 1. The number of benzene rings is 1. The largest absolute Gasteiger partial charge is 0.371 e. The molecular weight excluding hydrogens is 212 g/mol. The number of ketones is 1. The molecule has 2 rings (SSSR count). The van der Waals surface area contributed by atoms with Gasteiger partial charge >= 0.3 is 0 Å². The van der Waals surface area contributed by atoms with Crippen LogP contribution >= 0.6 is 0 Å². The van der Waals surface area contributed by atoms with Gasteiger partial charge in [0.05, 0.1) is 11.6 Å². The molecule has 0 radical (unpaired) electrons. The zero-order chi connectivity index (χ0) is 12.3. The zero-order valence-corrected chi connectivity index (χ0v) is 10.0. The van der Waals surface area contributed by atoms with Crippen molar-refractivity contribution in [3.05, 3.63) is 29.8 Å². The maximum atomic E-state index is 11.5. The van der Waals surface area contributed by atoms with E-state index in [1.165, 1.54) is 0 Å². The smallest absolute Gasteiger partial charge is 0.134 e. The Morgan fingerprint density at radius 2 is 2.29 bits per heavy atom. The summed E-state index contributed by atoms with van der Waals surface area (Å²) in [7, 11) is 2.00. The highest BCUT2D eigenvalue weighted by Crippen LogP contribution is 2.24. The van der Waals surface area contributed by atoms with E-state index in [2.05, 4.69) is 11.0 Å². The molecule has 0 saturated heterocycles. The lowest BCUT2D eigenvalue weighted by Crippen LogP contribution is -2.36. The molecule has 0 bridgehead atoms. The number of nitrogens with zero attached hydrogens (tertiary/aromatic N) is 2. The summed E-state index contributed by atoms with van der Waals surface area (Å²) in [6.07, 6.45) is 3.39. The molecule has 0 aliphatic heterocycles. The number of anilines is 1. The Morgan fingerprint density at radius 3 is 3.00 bits per heavy atom. The second kappa shape index (κ2) is 5.01. The third-order valence-electron chi connectivity index (χ3n) is 3.39. The van der Waals surface area contributed by atoms with Gasteiger partial charge in [-0.2, -0.15) is 5.26 Å². The van der Waals surface area contributed by atoms with Gasteiger partial charge in [-0.25, -0.2) is 0 Å². The standard InChI is InChI=1S/C14H16N2O/c1-16(13-6-3-7-14(17)9-13)12-5-2-4-11(8-12)10-15/h2,4-5,8,13H,3,6-7,9H2,1H3. The third-order valence-corrected chi connectivity index (χ3v) is 3.39. The van der Waals surface area contributed by atoms with Crippen LogP contribution < -0.4 is 4.90 Å². The number of nitriles is 1. The fourth-order valence-electron chi connectivity index (χ4n) is 2.34. The SMILES string of the molecule is CN(c1cccc(C#N)c1)C1CCCC(=O)C1. The zero-order valence-electron chi connectivity index (χ0n) is 10.0. The topological polar surface area (TPSA) is 44.1 Å². The second-order valence-corrected chi connectivity index (χ2v) is 4.56. The maximum Gasteiger partial charge on any atom is 0.134 e. The number of carbonyl (C=O) groups is 1. The lowest BCUT2D eigenvalue weighted by molar-refractivity contribution is -0.120. The van der Waals surface area contributed by atoms with Crippen molar-refractivity contribution in [1.82, 2.24) is 0 Å². The molecule has 1 saturated carbocycles. The quantitative estimate of drug-likeness (QED) is 0.781.